The number of hydrogen-bond acceptors (Lipinski definition) is 3. The molecule has 4 nitrogen and oxygen atoms in total. The molecular formula is C13H10F2N4S. The van der Waals surface area contributed by atoms with Crippen LogP contribution in [0, 0.1) is 11.6 Å². The highest BCUT2D eigenvalue weighted by molar-refractivity contribution is 7.80. The predicted octanol–water partition coefficient (Wildman–Crippen LogP) is 2.68. The first-order valence-corrected chi connectivity index (χ1v) is 6.01. The summed E-state index contributed by atoms with van der Waals surface area (Å²) in [5, 5.41) is 6.94. The van der Waals surface area contributed by atoms with Crippen molar-refractivity contribution in [2.45, 2.75) is 0 Å². The van der Waals surface area contributed by atoms with Gasteiger partial charge in [-0.25, -0.2) is 8.78 Å². The van der Waals surface area contributed by atoms with Gasteiger partial charge in [-0.1, -0.05) is 6.07 Å². The van der Waals surface area contributed by atoms with Gasteiger partial charge < -0.3 is 5.32 Å². The number of aromatic nitrogens is 1. The van der Waals surface area contributed by atoms with Crippen LogP contribution < -0.4 is 10.7 Å². The molecule has 0 atom stereocenters. The van der Waals surface area contributed by atoms with Gasteiger partial charge in [0.15, 0.2) is 16.7 Å². The van der Waals surface area contributed by atoms with Crippen LogP contribution in [0.2, 0.25) is 0 Å². The van der Waals surface area contributed by atoms with Gasteiger partial charge in [0.05, 0.1) is 18.1 Å². The minimum absolute atomic E-state index is 0.261. The molecule has 1 aromatic heterocycles. The molecule has 0 saturated heterocycles. The molecule has 0 aliphatic carbocycles. The molecule has 1 aromatic carbocycles. The normalized spacial score (nSPS) is 10.5. The van der Waals surface area contributed by atoms with Crippen molar-refractivity contribution in [1.29, 1.82) is 0 Å². The predicted molar refractivity (Wildman–Crippen MR) is 77.5 cm³/mol. The van der Waals surface area contributed by atoms with Crippen LogP contribution in [0.5, 0.6) is 0 Å². The quantitative estimate of drug-likeness (QED) is 0.519. The molecule has 2 aromatic rings. The van der Waals surface area contributed by atoms with Gasteiger partial charge in [-0.2, -0.15) is 5.10 Å². The Kier molecular flexibility index (Phi) is 4.67. The molecule has 0 fully saturated rings. The van der Waals surface area contributed by atoms with Gasteiger partial charge in [0, 0.05) is 6.20 Å². The molecule has 0 aliphatic rings. The molecular weight excluding hydrogens is 282 g/mol. The van der Waals surface area contributed by atoms with Crippen LogP contribution in [0.3, 0.4) is 0 Å². The number of rotatable bonds is 3. The molecule has 7 heteroatoms. The van der Waals surface area contributed by atoms with E-state index in [1.807, 2.05) is 0 Å². The first-order valence-electron chi connectivity index (χ1n) is 5.60. The van der Waals surface area contributed by atoms with Crippen molar-refractivity contribution in [2.24, 2.45) is 5.10 Å². The maximum absolute atomic E-state index is 13.0. The standard InChI is InChI=1S/C13H10F2N4S/c14-11-4-3-9(6-12(11)15)7-17-19-13(20)18-10-2-1-5-16-8-10/h1-8H,(H2,18,19,20)/b17-7+. The van der Waals surface area contributed by atoms with Crippen LogP contribution in [0.25, 0.3) is 0 Å². The lowest BCUT2D eigenvalue weighted by atomic mass is 10.2. The summed E-state index contributed by atoms with van der Waals surface area (Å²) in [4.78, 5) is 3.92. The fraction of sp³-hybridized carbons (Fsp3) is 0. The first kappa shape index (κ1) is 14.0. The number of hydrazone groups is 1. The lowest BCUT2D eigenvalue weighted by Crippen LogP contribution is -2.23. The van der Waals surface area contributed by atoms with Crippen molar-refractivity contribution in [1.82, 2.24) is 10.4 Å². The zero-order chi connectivity index (χ0) is 14.4. The lowest BCUT2D eigenvalue weighted by Gasteiger charge is -2.05. The number of anilines is 1. The Labute approximate surface area is 119 Å². The second-order valence-corrected chi connectivity index (χ2v) is 4.15. The van der Waals surface area contributed by atoms with E-state index in [2.05, 4.69) is 20.8 Å². The van der Waals surface area contributed by atoms with Gasteiger partial charge >= 0.3 is 0 Å². The van der Waals surface area contributed by atoms with Crippen molar-refractivity contribution >= 4 is 29.2 Å². The van der Waals surface area contributed by atoms with E-state index in [4.69, 9.17) is 12.2 Å². The summed E-state index contributed by atoms with van der Waals surface area (Å²) in [5.41, 5.74) is 3.69. The van der Waals surface area contributed by atoms with Crippen LogP contribution in [-0.4, -0.2) is 16.3 Å². The van der Waals surface area contributed by atoms with E-state index in [-0.39, 0.29) is 5.11 Å². The molecule has 0 saturated carbocycles. The van der Waals surface area contributed by atoms with Crippen LogP contribution in [0.4, 0.5) is 14.5 Å². The molecule has 2 rings (SSSR count). The van der Waals surface area contributed by atoms with Gasteiger partial charge in [0.2, 0.25) is 0 Å². The SMILES string of the molecule is Fc1ccc(/C=N/NC(=S)Nc2cccnc2)cc1F. The molecule has 102 valence electrons. The Hall–Kier alpha value is -2.41. The largest absolute Gasteiger partial charge is 0.330 e. The second kappa shape index (κ2) is 6.67. The fourth-order valence-electron chi connectivity index (χ4n) is 1.35. The number of halogens is 2. The Morgan fingerprint density at radius 1 is 1.25 bits per heavy atom. The number of hydrogen-bond donors (Lipinski definition) is 2. The third kappa shape index (κ3) is 4.06. The first-order chi connectivity index (χ1) is 9.65. The van der Waals surface area contributed by atoms with Crippen molar-refractivity contribution in [2.75, 3.05) is 5.32 Å². The van der Waals surface area contributed by atoms with E-state index in [1.165, 1.54) is 12.3 Å². The molecule has 0 bridgehead atoms. The van der Waals surface area contributed by atoms with Crippen LogP contribution >= 0.6 is 12.2 Å². The molecule has 1 heterocycles. The number of benzene rings is 1. The Morgan fingerprint density at radius 2 is 2.10 bits per heavy atom. The topological polar surface area (TPSA) is 49.3 Å². The van der Waals surface area contributed by atoms with Crippen molar-refractivity contribution < 1.29 is 8.78 Å². The molecule has 0 unspecified atom stereocenters. The fourth-order valence-corrected chi connectivity index (χ4v) is 1.52. The minimum atomic E-state index is -0.926. The van der Waals surface area contributed by atoms with Crippen LogP contribution in [0.1, 0.15) is 5.56 Å². The summed E-state index contributed by atoms with van der Waals surface area (Å²) < 4.78 is 25.7. The Balaban J connectivity index is 1.89. The van der Waals surface area contributed by atoms with Gasteiger partial charge in [-0.3, -0.25) is 10.4 Å². The Morgan fingerprint density at radius 3 is 2.80 bits per heavy atom. The average molecular weight is 292 g/mol. The van der Waals surface area contributed by atoms with E-state index < -0.39 is 11.6 Å². The summed E-state index contributed by atoms with van der Waals surface area (Å²) in [7, 11) is 0. The van der Waals surface area contributed by atoms with Crippen molar-refractivity contribution in [3.63, 3.8) is 0 Å². The van der Waals surface area contributed by atoms with E-state index >= 15 is 0 Å². The van der Waals surface area contributed by atoms with Crippen LogP contribution in [-0.2, 0) is 0 Å². The summed E-state index contributed by atoms with van der Waals surface area (Å²) in [5.74, 6) is -1.83. The third-order valence-corrected chi connectivity index (χ3v) is 2.44. The zero-order valence-electron chi connectivity index (χ0n) is 10.2. The lowest BCUT2D eigenvalue weighted by molar-refractivity contribution is 0.508. The molecule has 0 aliphatic heterocycles. The second-order valence-electron chi connectivity index (χ2n) is 3.74. The summed E-state index contributed by atoms with van der Waals surface area (Å²) in [6.45, 7) is 0. The van der Waals surface area contributed by atoms with E-state index in [9.17, 15) is 8.78 Å². The van der Waals surface area contributed by atoms with E-state index in [1.54, 1.807) is 24.5 Å². The van der Waals surface area contributed by atoms with Gasteiger partial charge in [0.25, 0.3) is 0 Å². The highest BCUT2D eigenvalue weighted by Crippen LogP contribution is 2.06. The number of pyridine rings is 1. The van der Waals surface area contributed by atoms with Crippen molar-refractivity contribution in [3.8, 4) is 0 Å². The van der Waals surface area contributed by atoms with Gasteiger partial charge in [-0.05, 0) is 42.0 Å². The van der Waals surface area contributed by atoms with Crippen LogP contribution in [0.15, 0.2) is 47.8 Å². The summed E-state index contributed by atoms with van der Waals surface area (Å²) in [6.07, 6.45) is 4.58. The van der Waals surface area contributed by atoms with Gasteiger partial charge in [0.1, 0.15) is 0 Å². The molecule has 0 amide bonds. The molecule has 20 heavy (non-hydrogen) atoms. The summed E-state index contributed by atoms with van der Waals surface area (Å²) in [6, 6.07) is 7.03. The third-order valence-electron chi connectivity index (χ3n) is 2.24. The molecule has 0 spiro atoms. The van der Waals surface area contributed by atoms with Crippen molar-refractivity contribution in [3.05, 3.63) is 59.9 Å². The maximum atomic E-state index is 13.0. The molecule has 0 radical (unpaired) electrons. The maximum Gasteiger partial charge on any atom is 0.191 e. The highest BCUT2D eigenvalue weighted by atomic mass is 32.1. The zero-order valence-corrected chi connectivity index (χ0v) is 11.0. The van der Waals surface area contributed by atoms with E-state index in [0.717, 1.165) is 12.1 Å². The van der Waals surface area contributed by atoms with E-state index in [0.29, 0.717) is 11.3 Å². The average Bonchev–Trinajstić information content (AvgIpc) is 2.44. The van der Waals surface area contributed by atoms with Gasteiger partial charge in [-0.15, -0.1) is 0 Å². The minimum Gasteiger partial charge on any atom is -0.330 e. The number of nitrogens with one attached hydrogen (secondary N) is 2. The smallest absolute Gasteiger partial charge is 0.191 e. The summed E-state index contributed by atoms with van der Waals surface area (Å²) >= 11 is 5.00. The number of nitrogens with zero attached hydrogens (tertiary/aromatic N) is 2. The highest BCUT2D eigenvalue weighted by Gasteiger charge is 2.00. The monoisotopic (exact) mass is 292 g/mol. The Bertz CT molecular complexity index is 632. The number of thiocarbonyl (C=S) groups is 1. The molecule has 2 N–H and O–H groups in total.